The third-order valence-corrected chi connectivity index (χ3v) is 7.22. The van der Waals surface area contributed by atoms with Gasteiger partial charge in [0, 0.05) is 22.1 Å². The molecular formula is C23H21ClN2O3S2. The van der Waals surface area contributed by atoms with Crippen LogP contribution in [-0.2, 0) is 11.3 Å². The van der Waals surface area contributed by atoms with Gasteiger partial charge in [0.1, 0.15) is 17.0 Å². The van der Waals surface area contributed by atoms with Crippen molar-refractivity contribution in [1.82, 2.24) is 4.98 Å². The molecule has 0 atom stereocenters. The molecule has 0 fully saturated rings. The van der Waals surface area contributed by atoms with Crippen molar-refractivity contribution >= 4 is 56.0 Å². The molecule has 0 bridgehead atoms. The van der Waals surface area contributed by atoms with Crippen LogP contribution in [0.5, 0.6) is 5.75 Å². The second-order valence-corrected chi connectivity index (χ2v) is 9.45. The number of carbonyl (C=O) groups is 1. The molecule has 31 heavy (non-hydrogen) atoms. The SMILES string of the molecule is COc1ccc(C)c2sc(N(Cc3ccco3)C(=O)CCSc3ccc(Cl)cc3)nc12. The Labute approximate surface area is 194 Å². The topological polar surface area (TPSA) is 55.6 Å². The van der Waals surface area contributed by atoms with E-state index < -0.39 is 0 Å². The number of hydrogen-bond acceptors (Lipinski definition) is 6. The number of amides is 1. The van der Waals surface area contributed by atoms with E-state index in [0.717, 1.165) is 20.7 Å². The number of hydrogen-bond donors (Lipinski definition) is 0. The molecule has 0 unspecified atom stereocenters. The van der Waals surface area contributed by atoms with Crippen molar-refractivity contribution in [3.8, 4) is 5.75 Å². The lowest BCUT2D eigenvalue weighted by atomic mass is 10.2. The number of benzene rings is 2. The van der Waals surface area contributed by atoms with Crippen LogP contribution in [0.2, 0.25) is 5.02 Å². The average Bonchev–Trinajstić information content (AvgIpc) is 3.44. The van der Waals surface area contributed by atoms with E-state index >= 15 is 0 Å². The smallest absolute Gasteiger partial charge is 0.230 e. The second-order valence-electron chi connectivity index (χ2n) is 6.87. The highest BCUT2D eigenvalue weighted by atomic mass is 35.5. The number of carbonyl (C=O) groups excluding carboxylic acids is 1. The van der Waals surface area contributed by atoms with Gasteiger partial charge in [0.05, 0.1) is 24.6 Å². The van der Waals surface area contributed by atoms with Crippen LogP contribution >= 0.6 is 34.7 Å². The summed E-state index contributed by atoms with van der Waals surface area (Å²) >= 11 is 9.06. The number of rotatable bonds is 8. The van der Waals surface area contributed by atoms with Gasteiger partial charge in [-0.15, -0.1) is 11.8 Å². The van der Waals surface area contributed by atoms with E-state index in [9.17, 15) is 4.79 Å². The molecule has 2 heterocycles. The number of furan rings is 1. The van der Waals surface area contributed by atoms with Gasteiger partial charge < -0.3 is 9.15 Å². The molecule has 0 saturated heterocycles. The molecule has 4 rings (SSSR count). The zero-order chi connectivity index (χ0) is 21.8. The number of nitrogens with zero attached hydrogens (tertiary/aromatic N) is 2. The number of fused-ring (bicyclic) bond motifs is 1. The summed E-state index contributed by atoms with van der Waals surface area (Å²) in [5, 5.41) is 1.34. The minimum Gasteiger partial charge on any atom is -0.494 e. The molecule has 0 aliphatic heterocycles. The molecule has 2 aromatic carbocycles. The quantitative estimate of drug-likeness (QED) is 0.271. The lowest BCUT2D eigenvalue weighted by Crippen LogP contribution is -2.30. The van der Waals surface area contributed by atoms with Gasteiger partial charge in [-0.05, 0) is 55.0 Å². The van der Waals surface area contributed by atoms with Gasteiger partial charge in [-0.2, -0.15) is 0 Å². The molecule has 1 amide bonds. The van der Waals surface area contributed by atoms with Gasteiger partial charge in [0.25, 0.3) is 0 Å². The van der Waals surface area contributed by atoms with Crippen LogP contribution in [-0.4, -0.2) is 23.8 Å². The van der Waals surface area contributed by atoms with Gasteiger partial charge in [0.2, 0.25) is 5.91 Å². The molecule has 8 heteroatoms. The van der Waals surface area contributed by atoms with Gasteiger partial charge in [0.15, 0.2) is 5.13 Å². The van der Waals surface area contributed by atoms with E-state index in [1.807, 2.05) is 55.5 Å². The van der Waals surface area contributed by atoms with Crippen molar-refractivity contribution in [3.63, 3.8) is 0 Å². The molecule has 0 saturated carbocycles. The van der Waals surface area contributed by atoms with Crippen molar-refractivity contribution < 1.29 is 13.9 Å². The Balaban J connectivity index is 1.56. The predicted molar refractivity (Wildman–Crippen MR) is 128 cm³/mol. The van der Waals surface area contributed by atoms with Crippen LogP contribution in [0, 0.1) is 6.92 Å². The highest BCUT2D eigenvalue weighted by molar-refractivity contribution is 7.99. The predicted octanol–water partition coefficient (Wildman–Crippen LogP) is 6.58. The fourth-order valence-corrected chi connectivity index (χ4v) is 5.16. The standard InChI is InChI=1S/C23H21ClN2O3S2/c1-15-5-10-19(28-2)21-22(15)31-23(25-21)26(14-17-4-3-12-29-17)20(27)11-13-30-18-8-6-16(24)7-9-18/h3-10,12H,11,13-14H2,1-2H3. The Morgan fingerprint density at radius 2 is 2.03 bits per heavy atom. The van der Waals surface area contributed by atoms with E-state index in [-0.39, 0.29) is 5.91 Å². The number of thiazole rings is 1. The minimum absolute atomic E-state index is 0.00598. The van der Waals surface area contributed by atoms with Gasteiger partial charge in [-0.1, -0.05) is 29.0 Å². The first-order valence-corrected chi connectivity index (χ1v) is 11.9. The average molecular weight is 473 g/mol. The van der Waals surface area contributed by atoms with Gasteiger partial charge >= 0.3 is 0 Å². The van der Waals surface area contributed by atoms with Crippen molar-refractivity contribution in [2.45, 2.75) is 24.8 Å². The molecule has 0 N–H and O–H groups in total. The number of methoxy groups -OCH3 is 1. The molecule has 0 aliphatic rings. The van der Waals surface area contributed by atoms with Crippen LogP contribution in [0.3, 0.4) is 0 Å². The molecule has 4 aromatic rings. The van der Waals surface area contributed by atoms with E-state index in [1.165, 1.54) is 11.3 Å². The number of ether oxygens (including phenoxy) is 1. The summed E-state index contributed by atoms with van der Waals surface area (Å²) in [6, 6.07) is 15.2. The molecule has 5 nitrogen and oxygen atoms in total. The molecule has 160 valence electrons. The third-order valence-electron chi connectivity index (χ3n) is 4.74. The van der Waals surface area contributed by atoms with Crippen LogP contribution in [0.4, 0.5) is 5.13 Å². The van der Waals surface area contributed by atoms with Crippen LogP contribution in [0.25, 0.3) is 10.2 Å². The fraction of sp³-hybridized carbons (Fsp3) is 0.217. The van der Waals surface area contributed by atoms with Crippen molar-refractivity contribution in [1.29, 1.82) is 0 Å². The van der Waals surface area contributed by atoms with Crippen molar-refractivity contribution in [2.75, 3.05) is 17.8 Å². The number of aryl methyl sites for hydroxylation is 1. The highest BCUT2D eigenvalue weighted by Crippen LogP contribution is 2.37. The summed E-state index contributed by atoms with van der Waals surface area (Å²) in [4.78, 5) is 20.8. The normalized spacial score (nSPS) is 11.1. The summed E-state index contributed by atoms with van der Waals surface area (Å²) < 4.78 is 12.0. The monoisotopic (exact) mass is 472 g/mol. The summed E-state index contributed by atoms with van der Waals surface area (Å²) in [6.07, 6.45) is 1.99. The van der Waals surface area contributed by atoms with Crippen molar-refractivity contribution in [2.24, 2.45) is 0 Å². The number of halogens is 1. The Morgan fingerprint density at radius 3 is 2.74 bits per heavy atom. The Morgan fingerprint density at radius 1 is 1.23 bits per heavy atom. The molecule has 0 radical (unpaired) electrons. The fourth-order valence-electron chi connectivity index (χ4n) is 3.12. The highest BCUT2D eigenvalue weighted by Gasteiger charge is 2.22. The number of thioether (sulfide) groups is 1. The van der Waals surface area contributed by atoms with Crippen LogP contribution in [0.15, 0.2) is 64.1 Å². The van der Waals surface area contributed by atoms with Gasteiger partial charge in [-0.25, -0.2) is 4.98 Å². The molecule has 2 aromatic heterocycles. The first kappa shape index (κ1) is 21.7. The molecule has 0 aliphatic carbocycles. The first-order valence-electron chi connectivity index (χ1n) is 9.70. The van der Waals surface area contributed by atoms with Crippen molar-refractivity contribution in [3.05, 3.63) is 71.1 Å². The Hall–Kier alpha value is -2.48. The Bertz CT molecular complexity index is 1170. The molecule has 0 spiro atoms. The zero-order valence-electron chi connectivity index (χ0n) is 17.1. The second kappa shape index (κ2) is 9.77. The molecular weight excluding hydrogens is 452 g/mol. The van der Waals surface area contributed by atoms with E-state index in [2.05, 4.69) is 0 Å². The summed E-state index contributed by atoms with van der Waals surface area (Å²) in [6.45, 7) is 2.36. The van der Waals surface area contributed by atoms with E-state index in [4.69, 9.17) is 25.7 Å². The largest absolute Gasteiger partial charge is 0.494 e. The summed E-state index contributed by atoms with van der Waals surface area (Å²) in [7, 11) is 1.63. The third kappa shape index (κ3) is 5.06. The Kier molecular flexibility index (Phi) is 6.85. The maximum absolute atomic E-state index is 13.2. The van der Waals surface area contributed by atoms with Crippen LogP contribution < -0.4 is 9.64 Å². The number of anilines is 1. The zero-order valence-corrected chi connectivity index (χ0v) is 19.5. The van der Waals surface area contributed by atoms with E-state index in [1.54, 1.807) is 30.0 Å². The lowest BCUT2D eigenvalue weighted by molar-refractivity contribution is -0.118. The number of aromatic nitrogens is 1. The first-order chi connectivity index (χ1) is 15.0. The van der Waals surface area contributed by atoms with E-state index in [0.29, 0.717) is 40.4 Å². The van der Waals surface area contributed by atoms with Crippen LogP contribution in [0.1, 0.15) is 17.7 Å². The lowest BCUT2D eigenvalue weighted by Gasteiger charge is -2.18. The summed E-state index contributed by atoms with van der Waals surface area (Å²) in [5.74, 6) is 2.06. The van der Waals surface area contributed by atoms with Gasteiger partial charge in [-0.3, -0.25) is 9.69 Å². The maximum atomic E-state index is 13.2. The summed E-state index contributed by atoms with van der Waals surface area (Å²) in [5.41, 5.74) is 1.87. The minimum atomic E-state index is -0.00598. The maximum Gasteiger partial charge on any atom is 0.230 e.